The van der Waals surface area contributed by atoms with E-state index >= 15 is 0 Å². The van der Waals surface area contributed by atoms with E-state index in [1.165, 1.54) is 26.1 Å². The summed E-state index contributed by atoms with van der Waals surface area (Å²) in [5.41, 5.74) is -0.129. The van der Waals surface area contributed by atoms with Crippen molar-refractivity contribution in [2.75, 3.05) is 11.9 Å². The first kappa shape index (κ1) is 12.7. The molecule has 0 bridgehead atoms. The van der Waals surface area contributed by atoms with Gasteiger partial charge in [0, 0.05) is 14.0 Å². The lowest BCUT2D eigenvalue weighted by Crippen LogP contribution is -2.25. The van der Waals surface area contributed by atoms with Crippen molar-refractivity contribution in [1.29, 1.82) is 0 Å². The summed E-state index contributed by atoms with van der Waals surface area (Å²) in [4.78, 5) is 34.0. The molecule has 1 aromatic carbocycles. The maximum atomic E-state index is 11.2. The molecule has 0 spiro atoms. The van der Waals surface area contributed by atoms with E-state index in [4.69, 9.17) is 10.2 Å². The topological polar surface area (TPSA) is 94.9 Å². The van der Waals surface area contributed by atoms with Crippen molar-refractivity contribution in [2.24, 2.45) is 0 Å². The van der Waals surface area contributed by atoms with Crippen LogP contribution in [0.5, 0.6) is 0 Å². The molecule has 90 valence electrons. The van der Waals surface area contributed by atoms with Crippen molar-refractivity contribution in [1.82, 2.24) is 0 Å². The van der Waals surface area contributed by atoms with Gasteiger partial charge in [-0.05, 0) is 18.2 Å². The highest BCUT2D eigenvalue weighted by atomic mass is 16.4. The quantitative estimate of drug-likeness (QED) is 0.819. The van der Waals surface area contributed by atoms with E-state index in [1.807, 2.05) is 0 Å². The monoisotopic (exact) mass is 237 g/mol. The van der Waals surface area contributed by atoms with E-state index in [-0.39, 0.29) is 22.7 Å². The molecule has 0 aliphatic rings. The molecule has 1 rings (SSSR count). The van der Waals surface area contributed by atoms with Crippen LogP contribution in [0, 0.1) is 0 Å². The highest BCUT2D eigenvalue weighted by molar-refractivity contribution is 6.03. The third kappa shape index (κ3) is 2.60. The number of hydrogen-bond donors (Lipinski definition) is 2. The largest absolute Gasteiger partial charge is 0.478 e. The lowest BCUT2D eigenvalue weighted by Gasteiger charge is -2.17. The Morgan fingerprint density at radius 3 is 2.12 bits per heavy atom. The second kappa shape index (κ2) is 4.65. The van der Waals surface area contributed by atoms with Gasteiger partial charge in [-0.15, -0.1) is 0 Å². The van der Waals surface area contributed by atoms with Gasteiger partial charge in [0.05, 0.1) is 16.8 Å². The van der Waals surface area contributed by atoms with Crippen molar-refractivity contribution in [2.45, 2.75) is 6.92 Å². The number of carbonyl (C=O) groups is 3. The molecule has 0 saturated heterocycles. The fraction of sp³-hybridized carbons (Fsp3) is 0.182. The minimum Gasteiger partial charge on any atom is -0.478 e. The molecule has 0 aromatic heterocycles. The Hall–Kier alpha value is -2.37. The molecular formula is C11H11NO5. The summed E-state index contributed by atoms with van der Waals surface area (Å²) in [6.07, 6.45) is 0. The van der Waals surface area contributed by atoms with Crippen LogP contribution in [0.2, 0.25) is 0 Å². The first-order valence-corrected chi connectivity index (χ1v) is 4.69. The van der Waals surface area contributed by atoms with Gasteiger partial charge in [0.25, 0.3) is 0 Å². The first-order chi connectivity index (χ1) is 7.84. The van der Waals surface area contributed by atoms with Gasteiger partial charge in [-0.3, -0.25) is 4.79 Å². The average Bonchev–Trinajstić information content (AvgIpc) is 2.26. The van der Waals surface area contributed by atoms with Crippen molar-refractivity contribution >= 4 is 23.5 Å². The summed E-state index contributed by atoms with van der Waals surface area (Å²) >= 11 is 0. The maximum Gasteiger partial charge on any atom is 0.337 e. The number of amides is 1. The Morgan fingerprint density at radius 2 is 1.71 bits per heavy atom. The van der Waals surface area contributed by atoms with E-state index < -0.39 is 11.9 Å². The van der Waals surface area contributed by atoms with E-state index in [0.717, 1.165) is 11.0 Å². The van der Waals surface area contributed by atoms with Gasteiger partial charge in [-0.2, -0.15) is 0 Å². The summed E-state index contributed by atoms with van der Waals surface area (Å²) in [5.74, 6) is -2.78. The Kier molecular flexibility index (Phi) is 3.47. The summed E-state index contributed by atoms with van der Waals surface area (Å²) in [6.45, 7) is 1.26. The van der Waals surface area contributed by atoms with Crippen LogP contribution in [0.4, 0.5) is 5.69 Å². The Morgan fingerprint density at radius 1 is 1.12 bits per heavy atom. The Labute approximate surface area is 97.1 Å². The zero-order valence-corrected chi connectivity index (χ0v) is 9.30. The van der Waals surface area contributed by atoms with Crippen LogP contribution < -0.4 is 4.90 Å². The van der Waals surface area contributed by atoms with Crippen molar-refractivity contribution in [3.63, 3.8) is 0 Å². The zero-order valence-electron chi connectivity index (χ0n) is 9.30. The molecule has 1 aromatic rings. The summed E-state index contributed by atoms with van der Waals surface area (Å²) in [5, 5.41) is 17.7. The SMILES string of the molecule is CC(=O)N(C)c1cc(C(=O)O)ccc1C(=O)O. The van der Waals surface area contributed by atoms with Gasteiger partial charge in [0.1, 0.15) is 0 Å². The minimum atomic E-state index is -1.22. The molecular weight excluding hydrogens is 226 g/mol. The van der Waals surface area contributed by atoms with Gasteiger partial charge in [-0.25, -0.2) is 9.59 Å². The highest BCUT2D eigenvalue weighted by Gasteiger charge is 2.18. The predicted octanol–water partition coefficient (Wildman–Crippen LogP) is 1.07. The van der Waals surface area contributed by atoms with Crippen molar-refractivity contribution in [3.05, 3.63) is 29.3 Å². The second-order valence-electron chi connectivity index (χ2n) is 3.42. The van der Waals surface area contributed by atoms with E-state index in [1.54, 1.807) is 0 Å². The molecule has 0 aliphatic carbocycles. The van der Waals surface area contributed by atoms with Crippen LogP contribution in [0.25, 0.3) is 0 Å². The standard InChI is InChI=1S/C11H11NO5/c1-6(13)12(2)9-5-7(10(14)15)3-4-8(9)11(16)17/h3-5H,1-2H3,(H,14,15)(H,16,17). The molecule has 0 fully saturated rings. The lowest BCUT2D eigenvalue weighted by atomic mass is 10.1. The van der Waals surface area contributed by atoms with Crippen LogP contribution >= 0.6 is 0 Å². The van der Waals surface area contributed by atoms with Gasteiger partial charge >= 0.3 is 11.9 Å². The Balaban J connectivity index is 3.40. The number of carbonyl (C=O) groups excluding carboxylic acids is 1. The summed E-state index contributed by atoms with van der Waals surface area (Å²) in [6, 6.07) is 3.51. The third-order valence-electron chi connectivity index (χ3n) is 2.31. The van der Waals surface area contributed by atoms with Crippen LogP contribution in [0.3, 0.4) is 0 Å². The average molecular weight is 237 g/mol. The predicted molar refractivity (Wildman–Crippen MR) is 59.4 cm³/mol. The molecule has 17 heavy (non-hydrogen) atoms. The number of hydrogen-bond acceptors (Lipinski definition) is 3. The molecule has 0 atom stereocenters. The molecule has 2 N–H and O–H groups in total. The van der Waals surface area contributed by atoms with Crippen LogP contribution in [0.15, 0.2) is 18.2 Å². The number of rotatable bonds is 3. The lowest BCUT2D eigenvalue weighted by molar-refractivity contribution is -0.116. The van der Waals surface area contributed by atoms with E-state index in [9.17, 15) is 14.4 Å². The Bertz CT molecular complexity index is 495. The second-order valence-corrected chi connectivity index (χ2v) is 3.42. The number of benzene rings is 1. The smallest absolute Gasteiger partial charge is 0.337 e. The number of aromatic carboxylic acids is 2. The molecule has 0 heterocycles. The zero-order chi connectivity index (χ0) is 13.2. The number of anilines is 1. The molecule has 0 aliphatic heterocycles. The molecule has 0 unspecified atom stereocenters. The molecule has 1 amide bonds. The van der Waals surface area contributed by atoms with Crippen molar-refractivity contribution < 1.29 is 24.6 Å². The normalized spacial score (nSPS) is 9.76. The highest BCUT2D eigenvalue weighted by Crippen LogP contribution is 2.21. The molecule has 0 radical (unpaired) electrons. The van der Waals surface area contributed by atoms with Crippen molar-refractivity contribution in [3.8, 4) is 0 Å². The van der Waals surface area contributed by atoms with Gasteiger partial charge in [0.2, 0.25) is 5.91 Å². The van der Waals surface area contributed by atoms with Gasteiger partial charge < -0.3 is 15.1 Å². The number of carboxylic acid groups (broad SMARTS) is 2. The molecule has 6 heteroatoms. The van der Waals surface area contributed by atoms with Crippen LogP contribution in [0.1, 0.15) is 27.6 Å². The number of carboxylic acids is 2. The van der Waals surface area contributed by atoms with Crippen LogP contribution in [-0.2, 0) is 4.79 Å². The molecule has 0 saturated carbocycles. The molecule has 6 nitrogen and oxygen atoms in total. The maximum absolute atomic E-state index is 11.2. The summed E-state index contributed by atoms with van der Waals surface area (Å²) < 4.78 is 0. The fourth-order valence-electron chi connectivity index (χ4n) is 1.29. The fourth-order valence-corrected chi connectivity index (χ4v) is 1.29. The van der Waals surface area contributed by atoms with E-state index in [0.29, 0.717) is 0 Å². The van der Waals surface area contributed by atoms with Gasteiger partial charge in [-0.1, -0.05) is 0 Å². The number of nitrogens with zero attached hydrogens (tertiary/aromatic N) is 1. The first-order valence-electron chi connectivity index (χ1n) is 4.69. The summed E-state index contributed by atoms with van der Waals surface area (Å²) in [7, 11) is 1.38. The minimum absolute atomic E-state index is 0.0601. The van der Waals surface area contributed by atoms with Crippen LogP contribution in [-0.4, -0.2) is 35.1 Å². The van der Waals surface area contributed by atoms with E-state index in [2.05, 4.69) is 0 Å². The van der Waals surface area contributed by atoms with Gasteiger partial charge in [0.15, 0.2) is 0 Å². The third-order valence-corrected chi connectivity index (χ3v) is 2.31.